The molecule has 25 heavy (non-hydrogen) atoms. The zero-order valence-electron chi connectivity index (χ0n) is 13.7. The van der Waals surface area contributed by atoms with Gasteiger partial charge in [0.05, 0.1) is 4.92 Å². The third-order valence-electron chi connectivity index (χ3n) is 5.20. The van der Waals surface area contributed by atoms with Gasteiger partial charge in [-0.05, 0) is 30.0 Å². The molecule has 0 aliphatic carbocycles. The third kappa shape index (κ3) is 2.91. The Hall–Kier alpha value is -2.67. The molecule has 1 aromatic heterocycles. The first kappa shape index (κ1) is 15.8. The van der Waals surface area contributed by atoms with Crippen LogP contribution in [-0.2, 0) is 13.1 Å². The van der Waals surface area contributed by atoms with Crippen molar-refractivity contribution >= 4 is 5.69 Å². The van der Waals surface area contributed by atoms with Gasteiger partial charge in [0, 0.05) is 49.9 Å². The summed E-state index contributed by atoms with van der Waals surface area (Å²) in [5.41, 5.74) is 1.71. The fraction of sp³-hybridized carbons (Fsp3) is 0.389. The third-order valence-corrected chi connectivity index (χ3v) is 5.20. The molecule has 4 rings (SSSR count). The molecule has 130 valence electrons. The SMILES string of the molecule is O=c1cccc2n1C[C@@H]1C[C@@H]2CN(Cc2ccc(O)c([N+](=O)[O-])c2)C1. The Labute approximate surface area is 144 Å². The molecule has 0 unspecified atom stereocenters. The number of hydrogen-bond donors (Lipinski definition) is 1. The molecule has 0 saturated carbocycles. The summed E-state index contributed by atoms with van der Waals surface area (Å²) >= 11 is 0. The number of phenols is 1. The predicted octanol–water partition coefficient (Wildman–Crippen LogP) is 2.08. The van der Waals surface area contributed by atoms with Crippen molar-refractivity contribution in [1.82, 2.24) is 9.47 Å². The molecule has 1 aromatic carbocycles. The van der Waals surface area contributed by atoms with Crippen molar-refractivity contribution in [3.05, 3.63) is 68.1 Å². The van der Waals surface area contributed by atoms with E-state index in [1.54, 1.807) is 12.1 Å². The second-order valence-corrected chi connectivity index (χ2v) is 6.97. The van der Waals surface area contributed by atoms with Crippen molar-refractivity contribution in [3.8, 4) is 5.75 Å². The van der Waals surface area contributed by atoms with Gasteiger partial charge in [-0.3, -0.25) is 19.8 Å². The lowest BCUT2D eigenvalue weighted by Gasteiger charge is -2.42. The van der Waals surface area contributed by atoms with E-state index in [2.05, 4.69) is 4.90 Å². The number of likely N-dealkylation sites (tertiary alicyclic amines) is 1. The Balaban J connectivity index is 1.56. The molecule has 7 nitrogen and oxygen atoms in total. The molecule has 2 aliphatic heterocycles. The summed E-state index contributed by atoms with van der Waals surface area (Å²) in [6, 6.07) is 10.0. The van der Waals surface area contributed by atoms with Crippen molar-refractivity contribution in [2.45, 2.75) is 25.4 Å². The summed E-state index contributed by atoms with van der Waals surface area (Å²) in [6.07, 6.45) is 1.08. The molecule has 1 saturated heterocycles. The van der Waals surface area contributed by atoms with Crippen molar-refractivity contribution < 1.29 is 10.0 Å². The Bertz CT molecular complexity index is 892. The maximum Gasteiger partial charge on any atom is 0.311 e. The van der Waals surface area contributed by atoms with E-state index in [9.17, 15) is 20.0 Å². The van der Waals surface area contributed by atoms with Crippen LogP contribution in [-0.4, -0.2) is 32.6 Å². The highest BCUT2D eigenvalue weighted by atomic mass is 16.6. The minimum Gasteiger partial charge on any atom is -0.502 e. The normalized spacial score (nSPS) is 22.4. The van der Waals surface area contributed by atoms with Crippen LogP contribution in [0.25, 0.3) is 0 Å². The van der Waals surface area contributed by atoms with Crippen LogP contribution in [0.4, 0.5) is 5.69 Å². The van der Waals surface area contributed by atoms with Gasteiger partial charge in [-0.2, -0.15) is 0 Å². The summed E-state index contributed by atoms with van der Waals surface area (Å²) in [5.74, 6) is 0.421. The van der Waals surface area contributed by atoms with Gasteiger partial charge < -0.3 is 9.67 Å². The molecule has 7 heteroatoms. The van der Waals surface area contributed by atoms with E-state index in [0.717, 1.165) is 37.3 Å². The Morgan fingerprint density at radius 3 is 2.84 bits per heavy atom. The standard InChI is InChI=1S/C18H19N3O4/c22-17-5-4-12(7-16(17)21(24)25)8-19-9-13-6-14(11-19)15-2-1-3-18(23)20(15)10-13/h1-5,7,13-14,22H,6,8-11H2/t13-,14-/m1/s1. The number of fused-ring (bicyclic) bond motifs is 4. The lowest BCUT2D eigenvalue weighted by Crippen LogP contribution is -2.46. The van der Waals surface area contributed by atoms with E-state index in [1.807, 2.05) is 16.7 Å². The quantitative estimate of drug-likeness (QED) is 0.682. The highest BCUT2D eigenvalue weighted by Crippen LogP contribution is 2.36. The summed E-state index contributed by atoms with van der Waals surface area (Å²) in [6.45, 7) is 3.03. The summed E-state index contributed by atoms with van der Waals surface area (Å²) in [4.78, 5) is 24.8. The fourth-order valence-corrected chi connectivity index (χ4v) is 4.20. The number of piperidine rings is 1. The van der Waals surface area contributed by atoms with E-state index < -0.39 is 4.92 Å². The average molecular weight is 341 g/mol. The number of phenolic OH excluding ortho intramolecular Hbond substituents is 1. The molecule has 1 fully saturated rings. The van der Waals surface area contributed by atoms with Gasteiger partial charge in [0.15, 0.2) is 5.75 Å². The largest absolute Gasteiger partial charge is 0.502 e. The van der Waals surface area contributed by atoms with Crippen molar-refractivity contribution in [2.75, 3.05) is 13.1 Å². The van der Waals surface area contributed by atoms with Gasteiger partial charge in [-0.1, -0.05) is 12.1 Å². The van der Waals surface area contributed by atoms with Crippen LogP contribution in [0.5, 0.6) is 5.75 Å². The van der Waals surface area contributed by atoms with Crippen molar-refractivity contribution in [2.24, 2.45) is 5.92 Å². The number of pyridine rings is 1. The van der Waals surface area contributed by atoms with Gasteiger partial charge in [-0.15, -0.1) is 0 Å². The maximum absolute atomic E-state index is 12.1. The lowest BCUT2D eigenvalue weighted by atomic mass is 9.83. The summed E-state index contributed by atoms with van der Waals surface area (Å²) < 4.78 is 1.89. The number of nitro benzene ring substituents is 1. The molecule has 2 atom stereocenters. The van der Waals surface area contributed by atoms with E-state index in [-0.39, 0.29) is 17.0 Å². The number of rotatable bonds is 3. The topological polar surface area (TPSA) is 88.6 Å². The molecule has 2 aliphatic rings. The number of nitro groups is 1. The second-order valence-electron chi connectivity index (χ2n) is 6.97. The van der Waals surface area contributed by atoms with E-state index in [0.29, 0.717) is 18.4 Å². The van der Waals surface area contributed by atoms with Gasteiger partial charge in [0.2, 0.25) is 0 Å². The monoisotopic (exact) mass is 341 g/mol. The number of benzene rings is 1. The Morgan fingerprint density at radius 1 is 1.20 bits per heavy atom. The maximum atomic E-state index is 12.1. The summed E-state index contributed by atoms with van der Waals surface area (Å²) in [7, 11) is 0. The minimum absolute atomic E-state index is 0.0646. The number of nitrogens with zero attached hydrogens (tertiary/aromatic N) is 3. The molecule has 0 amide bonds. The fourth-order valence-electron chi connectivity index (χ4n) is 4.20. The van der Waals surface area contributed by atoms with Crippen molar-refractivity contribution in [3.63, 3.8) is 0 Å². The van der Waals surface area contributed by atoms with Gasteiger partial charge >= 0.3 is 5.69 Å². The molecule has 1 N–H and O–H groups in total. The minimum atomic E-state index is -0.563. The van der Waals surface area contributed by atoms with Crippen LogP contribution < -0.4 is 5.56 Å². The van der Waals surface area contributed by atoms with E-state index in [1.165, 1.54) is 12.1 Å². The first-order chi connectivity index (χ1) is 12.0. The first-order valence-electron chi connectivity index (χ1n) is 8.39. The molecule has 0 radical (unpaired) electrons. The predicted molar refractivity (Wildman–Crippen MR) is 91.6 cm³/mol. The number of aromatic hydroxyl groups is 1. The van der Waals surface area contributed by atoms with E-state index >= 15 is 0 Å². The molecule has 0 spiro atoms. The van der Waals surface area contributed by atoms with Crippen LogP contribution in [0.1, 0.15) is 23.6 Å². The van der Waals surface area contributed by atoms with Crippen LogP contribution in [0.15, 0.2) is 41.2 Å². The van der Waals surface area contributed by atoms with Gasteiger partial charge in [0.1, 0.15) is 0 Å². The molecular formula is C18H19N3O4. The zero-order valence-corrected chi connectivity index (χ0v) is 13.7. The Morgan fingerprint density at radius 2 is 2.04 bits per heavy atom. The molecule has 3 heterocycles. The highest BCUT2D eigenvalue weighted by molar-refractivity contribution is 5.47. The zero-order chi connectivity index (χ0) is 17.6. The van der Waals surface area contributed by atoms with Crippen molar-refractivity contribution in [1.29, 1.82) is 0 Å². The first-order valence-corrected chi connectivity index (χ1v) is 8.39. The number of aromatic nitrogens is 1. The average Bonchev–Trinajstić information content (AvgIpc) is 2.57. The second kappa shape index (κ2) is 6.00. The highest BCUT2D eigenvalue weighted by Gasteiger charge is 2.34. The number of hydrogen-bond acceptors (Lipinski definition) is 5. The smallest absolute Gasteiger partial charge is 0.311 e. The van der Waals surface area contributed by atoms with Crippen LogP contribution in [0.3, 0.4) is 0 Å². The Kier molecular flexibility index (Phi) is 3.80. The van der Waals surface area contributed by atoms with Gasteiger partial charge in [-0.25, -0.2) is 0 Å². The lowest BCUT2D eigenvalue weighted by molar-refractivity contribution is -0.385. The van der Waals surface area contributed by atoms with Crippen LogP contribution in [0, 0.1) is 16.0 Å². The van der Waals surface area contributed by atoms with Crippen LogP contribution in [0.2, 0.25) is 0 Å². The van der Waals surface area contributed by atoms with Crippen LogP contribution >= 0.6 is 0 Å². The molecule has 2 bridgehead atoms. The van der Waals surface area contributed by atoms with E-state index in [4.69, 9.17) is 0 Å². The summed E-state index contributed by atoms with van der Waals surface area (Å²) in [5, 5.41) is 20.6. The molecular weight excluding hydrogens is 322 g/mol. The molecule has 2 aromatic rings. The van der Waals surface area contributed by atoms with Gasteiger partial charge in [0.25, 0.3) is 5.56 Å².